The molecule has 3 rings (SSSR count). The first-order valence-electron chi connectivity index (χ1n) is 4.99. The van der Waals surface area contributed by atoms with E-state index in [0.29, 0.717) is 6.54 Å². The first-order chi connectivity index (χ1) is 8.33. The van der Waals surface area contributed by atoms with Crippen LogP contribution in [0.25, 0.3) is 10.2 Å². The highest BCUT2D eigenvalue weighted by atomic mass is 79.9. The van der Waals surface area contributed by atoms with E-state index in [1.54, 1.807) is 23.9 Å². The van der Waals surface area contributed by atoms with Crippen LogP contribution in [0.3, 0.4) is 0 Å². The topological polar surface area (TPSA) is 51.0 Å². The molecule has 0 aliphatic rings. The molecular weight excluding hydrogens is 302 g/mol. The van der Waals surface area contributed by atoms with E-state index in [9.17, 15) is 0 Å². The minimum atomic E-state index is 0.618. The van der Waals surface area contributed by atoms with Crippen molar-refractivity contribution in [1.29, 1.82) is 0 Å². The van der Waals surface area contributed by atoms with Gasteiger partial charge in [-0.15, -0.1) is 11.3 Å². The van der Waals surface area contributed by atoms with Gasteiger partial charge in [0.25, 0.3) is 0 Å². The van der Waals surface area contributed by atoms with Gasteiger partial charge < -0.3 is 9.73 Å². The summed E-state index contributed by atoms with van der Waals surface area (Å²) in [7, 11) is 0. The SMILES string of the molecule is Brc1cc2c(NCc3ccco3)ncnc2s1. The van der Waals surface area contributed by atoms with Crippen LogP contribution in [0, 0.1) is 0 Å². The molecule has 0 aromatic carbocycles. The molecule has 0 atom stereocenters. The lowest BCUT2D eigenvalue weighted by molar-refractivity contribution is 0.518. The van der Waals surface area contributed by atoms with Gasteiger partial charge in [0.15, 0.2) is 0 Å². The molecule has 3 aromatic heterocycles. The van der Waals surface area contributed by atoms with E-state index < -0.39 is 0 Å². The quantitative estimate of drug-likeness (QED) is 0.802. The van der Waals surface area contributed by atoms with E-state index in [-0.39, 0.29) is 0 Å². The maximum Gasteiger partial charge on any atom is 0.138 e. The maximum atomic E-state index is 5.26. The number of halogens is 1. The third-order valence-electron chi connectivity index (χ3n) is 2.31. The van der Waals surface area contributed by atoms with Crippen molar-refractivity contribution >= 4 is 43.3 Å². The highest BCUT2D eigenvalue weighted by Gasteiger charge is 2.07. The van der Waals surface area contributed by atoms with Crippen LogP contribution in [-0.4, -0.2) is 9.97 Å². The van der Waals surface area contributed by atoms with Crippen molar-refractivity contribution in [3.05, 3.63) is 40.3 Å². The van der Waals surface area contributed by atoms with Gasteiger partial charge in [0, 0.05) is 0 Å². The van der Waals surface area contributed by atoms with E-state index in [4.69, 9.17) is 4.42 Å². The Bertz CT molecular complexity index is 635. The molecule has 17 heavy (non-hydrogen) atoms. The second-order valence-corrected chi connectivity index (χ2v) is 5.83. The average Bonchev–Trinajstić information content (AvgIpc) is 2.93. The number of aromatic nitrogens is 2. The minimum absolute atomic E-state index is 0.618. The van der Waals surface area contributed by atoms with Crippen LogP contribution in [0.4, 0.5) is 5.82 Å². The lowest BCUT2D eigenvalue weighted by Crippen LogP contribution is -2.00. The third-order valence-corrected chi connectivity index (χ3v) is 3.86. The number of nitrogens with zero attached hydrogens (tertiary/aromatic N) is 2. The summed E-state index contributed by atoms with van der Waals surface area (Å²) in [5.74, 6) is 1.71. The molecule has 86 valence electrons. The molecule has 1 N–H and O–H groups in total. The third kappa shape index (κ3) is 2.18. The molecule has 0 fully saturated rings. The zero-order chi connectivity index (χ0) is 11.7. The molecule has 0 radical (unpaired) electrons. The number of hydrogen-bond acceptors (Lipinski definition) is 5. The molecular formula is C11H8BrN3OS. The Hall–Kier alpha value is -1.40. The van der Waals surface area contributed by atoms with Gasteiger partial charge in [-0.1, -0.05) is 0 Å². The predicted molar refractivity (Wildman–Crippen MR) is 71.1 cm³/mol. The lowest BCUT2D eigenvalue weighted by Gasteiger charge is -2.03. The van der Waals surface area contributed by atoms with Crippen molar-refractivity contribution in [2.24, 2.45) is 0 Å². The molecule has 0 unspecified atom stereocenters. The van der Waals surface area contributed by atoms with Crippen LogP contribution in [0.1, 0.15) is 5.76 Å². The summed E-state index contributed by atoms with van der Waals surface area (Å²) < 4.78 is 6.31. The summed E-state index contributed by atoms with van der Waals surface area (Å²) >= 11 is 5.04. The first kappa shape index (κ1) is 10.7. The smallest absolute Gasteiger partial charge is 0.138 e. The fourth-order valence-corrected chi connectivity index (χ4v) is 2.97. The molecule has 0 amide bonds. The predicted octanol–water partition coefficient (Wildman–Crippen LogP) is 3.66. The second kappa shape index (κ2) is 4.46. The lowest BCUT2D eigenvalue weighted by atomic mass is 10.3. The van der Waals surface area contributed by atoms with Gasteiger partial charge in [-0.25, -0.2) is 9.97 Å². The van der Waals surface area contributed by atoms with Gasteiger partial charge >= 0.3 is 0 Å². The standard InChI is InChI=1S/C11H8BrN3OS/c12-9-4-8-10(14-6-15-11(8)17-9)13-5-7-2-1-3-16-7/h1-4,6H,5H2,(H,13,14,15). The molecule has 0 saturated carbocycles. The molecule has 3 aromatic rings. The van der Waals surface area contributed by atoms with Crippen molar-refractivity contribution in [1.82, 2.24) is 9.97 Å². The van der Waals surface area contributed by atoms with Gasteiger partial charge in [-0.2, -0.15) is 0 Å². The normalized spacial score (nSPS) is 10.9. The summed E-state index contributed by atoms with van der Waals surface area (Å²) in [5, 5.41) is 4.27. The van der Waals surface area contributed by atoms with Crippen LogP contribution in [0.15, 0.2) is 39.0 Å². The van der Waals surface area contributed by atoms with Gasteiger partial charge in [0.1, 0.15) is 22.7 Å². The summed E-state index contributed by atoms with van der Waals surface area (Å²) in [5.41, 5.74) is 0. The van der Waals surface area contributed by atoms with E-state index in [1.165, 1.54) is 0 Å². The number of hydrogen-bond donors (Lipinski definition) is 1. The zero-order valence-electron chi connectivity index (χ0n) is 8.68. The molecule has 3 heterocycles. The first-order valence-corrected chi connectivity index (χ1v) is 6.60. The van der Waals surface area contributed by atoms with Gasteiger partial charge in [0.2, 0.25) is 0 Å². The molecule has 6 heteroatoms. The molecule has 0 bridgehead atoms. The Morgan fingerprint density at radius 2 is 2.35 bits per heavy atom. The number of rotatable bonds is 3. The Labute approximate surface area is 110 Å². The highest BCUT2D eigenvalue weighted by molar-refractivity contribution is 9.11. The average molecular weight is 310 g/mol. The summed E-state index contributed by atoms with van der Waals surface area (Å²) in [6, 6.07) is 5.81. The van der Waals surface area contributed by atoms with E-state index in [0.717, 1.165) is 25.6 Å². The fraction of sp³-hybridized carbons (Fsp3) is 0.0909. The molecule has 0 aliphatic carbocycles. The largest absolute Gasteiger partial charge is 0.467 e. The summed E-state index contributed by atoms with van der Waals surface area (Å²) in [6.45, 7) is 0.618. The van der Waals surface area contributed by atoms with Crippen LogP contribution in [0.2, 0.25) is 0 Å². The van der Waals surface area contributed by atoms with Crippen LogP contribution in [-0.2, 0) is 6.54 Å². The fourth-order valence-electron chi connectivity index (χ4n) is 1.55. The molecule has 0 saturated heterocycles. The monoisotopic (exact) mass is 309 g/mol. The number of anilines is 1. The zero-order valence-corrected chi connectivity index (χ0v) is 11.1. The van der Waals surface area contributed by atoms with E-state index in [2.05, 4.69) is 31.2 Å². The van der Waals surface area contributed by atoms with Crippen molar-refractivity contribution < 1.29 is 4.42 Å². The van der Waals surface area contributed by atoms with Crippen LogP contribution >= 0.6 is 27.3 Å². The van der Waals surface area contributed by atoms with Crippen molar-refractivity contribution in [3.63, 3.8) is 0 Å². The van der Waals surface area contributed by atoms with Gasteiger partial charge in [0.05, 0.1) is 22.0 Å². The summed E-state index contributed by atoms with van der Waals surface area (Å²) in [4.78, 5) is 9.43. The number of nitrogens with one attached hydrogen (secondary N) is 1. The molecule has 4 nitrogen and oxygen atoms in total. The van der Waals surface area contributed by atoms with E-state index >= 15 is 0 Å². The maximum absolute atomic E-state index is 5.26. The Morgan fingerprint density at radius 3 is 3.18 bits per heavy atom. The number of furan rings is 1. The second-order valence-electron chi connectivity index (χ2n) is 3.42. The Kier molecular flexibility index (Phi) is 2.82. The summed E-state index contributed by atoms with van der Waals surface area (Å²) in [6.07, 6.45) is 3.23. The molecule has 0 spiro atoms. The van der Waals surface area contributed by atoms with Gasteiger partial charge in [-0.05, 0) is 34.1 Å². The van der Waals surface area contributed by atoms with Crippen LogP contribution < -0.4 is 5.32 Å². The van der Waals surface area contributed by atoms with Crippen molar-refractivity contribution in [3.8, 4) is 0 Å². The van der Waals surface area contributed by atoms with E-state index in [1.807, 2.05) is 18.2 Å². The Morgan fingerprint density at radius 1 is 1.41 bits per heavy atom. The van der Waals surface area contributed by atoms with Crippen LogP contribution in [0.5, 0.6) is 0 Å². The highest BCUT2D eigenvalue weighted by Crippen LogP contribution is 2.31. The number of thiophene rings is 1. The molecule has 0 aliphatic heterocycles. The Balaban J connectivity index is 1.89. The van der Waals surface area contributed by atoms with Gasteiger partial charge in [-0.3, -0.25) is 0 Å². The van der Waals surface area contributed by atoms with Crippen molar-refractivity contribution in [2.45, 2.75) is 6.54 Å². The van der Waals surface area contributed by atoms with Crippen molar-refractivity contribution in [2.75, 3.05) is 5.32 Å². The number of fused-ring (bicyclic) bond motifs is 1. The minimum Gasteiger partial charge on any atom is -0.467 e.